The van der Waals surface area contributed by atoms with Gasteiger partial charge in [-0.15, -0.1) is 0 Å². The number of hydrogen-bond acceptors (Lipinski definition) is 2. The minimum atomic E-state index is -4.41. The summed E-state index contributed by atoms with van der Waals surface area (Å²) in [5.41, 5.74) is 3.36. The molecule has 0 aliphatic carbocycles. The molecular weight excluding hydrogens is 321 g/mol. The van der Waals surface area contributed by atoms with Crippen LogP contribution in [0.2, 0.25) is 0 Å². The number of benzene rings is 1. The number of alkyl halides is 3. The first-order chi connectivity index (χ1) is 11.1. The third-order valence-corrected chi connectivity index (χ3v) is 3.42. The number of amides is 1. The molecule has 0 bridgehead atoms. The van der Waals surface area contributed by atoms with Gasteiger partial charge >= 0.3 is 6.18 Å². The first kappa shape index (κ1) is 19.8. The molecule has 0 saturated carbocycles. The van der Waals surface area contributed by atoms with Crippen molar-refractivity contribution >= 4 is 11.9 Å². The van der Waals surface area contributed by atoms with E-state index in [0.717, 1.165) is 23.7 Å². The summed E-state index contributed by atoms with van der Waals surface area (Å²) in [6.07, 6.45) is -4.41. The molecule has 0 unspecified atom stereocenters. The van der Waals surface area contributed by atoms with E-state index in [4.69, 9.17) is 0 Å². The van der Waals surface area contributed by atoms with Crippen LogP contribution >= 0.6 is 0 Å². The first-order valence-corrected chi connectivity index (χ1v) is 7.43. The van der Waals surface area contributed by atoms with Crippen molar-refractivity contribution in [2.24, 2.45) is 4.99 Å². The lowest BCUT2D eigenvalue weighted by atomic mass is 10.1. The van der Waals surface area contributed by atoms with Gasteiger partial charge in [0.15, 0.2) is 5.96 Å². The van der Waals surface area contributed by atoms with E-state index in [9.17, 15) is 18.0 Å². The average molecular weight is 344 g/mol. The maximum Gasteiger partial charge on any atom is 0.406 e. The fourth-order valence-corrected chi connectivity index (χ4v) is 2.10. The molecule has 2 N–H and O–H groups in total. The molecule has 1 aromatic rings. The minimum Gasteiger partial charge on any atom is -0.352 e. The smallest absolute Gasteiger partial charge is 0.352 e. The summed E-state index contributed by atoms with van der Waals surface area (Å²) in [6, 6.07) is 6.05. The van der Waals surface area contributed by atoms with E-state index in [-0.39, 0.29) is 6.54 Å². The summed E-state index contributed by atoms with van der Waals surface area (Å²) >= 11 is 0. The molecule has 1 aromatic carbocycles. The van der Waals surface area contributed by atoms with E-state index in [0.29, 0.717) is 17.4 Å². The number of guanidine groups is 1. The van der Waals surface area contributed by atoms with Crippen LogP contribution in [0.5, 0.6) is 0 Å². The van der Waals surface area contributed by atoms with Crippen LogP contribution in [0.15, 0.2) is 23.2 Å². The lowest BCUT2D eigenvalue weighted by Crippen LogP contribution is -2.45. The Morgan fingerprint density at radius 2 is 1.92 bits per heavy atom. The van der Waals surface area contributed by atoms with Crippen molar-refractivity contribution in [1.29, 1.82) is 0 Å². The highest BCUT2D eigenvalue weighted by Crippen LogP contribution is 2.15. The highest BCUT2D eigenvalue weighted by molar-refractivity contribution is 5.86. The molecule has 0 saturated heterocycles. The second-order valence-electron chi connectivity index (χ2n) is 5.57. The Bertz CT molecular complexity index is 599. The number of halogens is 3. The van der Waals surface area contributed by atoms with Crippen molar-refractivity contribution in [2.75, 3.05) is 27.2 Å². The second kappa shape index (κ2) is 8.56. The van der Waals surface area contributed by atoms with E-state index in [1.807, 2.05) is 26.0 Å². The van der Waals surface area contributed by atoms with Crippen LogP contribution in [0.25, 0.3) is 0 Å². The van der Waals surface area contributed by atoms with E-state index in [1.54, 1.807) is 0 Å². The molecule has 5 nitrogen and oxygen atoms in total. The molecule has 24 heavy (non-hydrogen) atoms. The number of aryl methyl sites for hydroxylation is 2. The summed E-state index contributed by atoms with van der Waals surface area (Å²) in [5, 5.41) is 5.75. The Balaban J connectivity index is 2.49. The number of hydrogen-bond donors (Lipinski definition) is 2. The van der Waals surface area contributed by atoms with Gasteiger partial charge in [0, 0.05) is 20.6 Å². The van der Waals surface area contributed by atoms with Gasteiger partial charge in [0.05, 0.1) is 6.54 Å². The van der Waals surface area contributed by atoms with Crippen molar-refractivity contribution in [3.05, 3.63) is 34.9 Å². The lowest BCUT2D eigenvalue weighted by molar-refractivity contribution is -0.157. The number of rotatable bonds is 5. The van der Waals surface area contributed by atoms with Gasteiger partial charge in [-0.25, -0.2) is 0 Å². The fourth-order valence-electron chi connectivity index (χ4n) is 2.10. The average Bonchev–Trinajstić information content (AvgIpc) is 2.47. The SMILES string of the molecule is CN=C(NCC(=O)N(C)CC(F)(F)F)NCc1ccc(C)cc1C. The molecular formula is C16H23F3N4O. The number of carbonyl (C=O) groups is 1. The fraction of sp³-hybridized carbons (Fsp3) is 0.500. The van der Waals surface area contributed by atoms with Crippen LogP contribution in [0.1, 0.15) is 16.7 Å². The molecule has 0 atom stereocenters. The summed E-state index contributed by atoms with van der Waals surface area (Å²) in [6.45, 7) is 2.96. The van der Waals surface area contributed by atoms with Crippen LogP contribution in [0, 0.1) is 13.8 Å². The van der Waals surface area contributed by atoms with Crippen LogP contribution in [-0.4, -0.2) is 50.1 Å². The van der Waals surface area contributed by atoms with Gasteiger partial charge in [-0.05, 0) is 25.0 Å². The molecule has 1 amide bonds. The Labute approximate surface area is 139 Å². The van der Waals surface area contributed by atoms with Crippen LogP contribution in [0.3, 0.4) is 0 Å². The number of carbonyl (C=O) groups excluding carboxylic acids is 1. The zero-order valence-electron chi connectivity index (χ0n) is 14.3. The first-order valence-electron chi connectivity index (χ1n) is 7.43. The van der Waals surface area contributed by atoms with Crippen LogP contribution < -0.4 is 10.6 Å². The van der Waals surface area contributed by atoms with Gasteiger partial charge in [-0.2, -0.15) is 13.2 Å². The van der Waals surface area contributed by atoms with Gasteiger partial charge in [0.2, 0.25) is 5.91 Å². The molecule has 0 heterocycles. The van der Waals surface area contributed by atoms with Crippen molar-refractivity contribution in [2.45, 2.75) is 26.6 Å². The predicted molar refractivity (Wildman–Crippen MR) is 87.8 cm³/mol. The summed E-state index contributed by atoms with van der Waals surface area (Å²) < 4.78 is 36.8. The Kier molecular flexibility index (Phi) is 7.06. The highest BCUT2D eigenvalue weighted by Gasteiger charge is 2.31. The molecule has 1 rings (SSSR count). The van der Waals surface area contributed by atoms with Crippen molar-refractivity contribution in [1.82, 2.24) is 15.5 Å². The second-order valence-corrected chi connectivity index (χ2v) is 5.57. The van der Waals surface area contributed by atoms with Gasteiger partial charge in [-0.1, -0.05) is 23.8 Å². The number of nitrogens with zero attached hydrogens (tertiary/aromatic N) is 2. The molecule has 0 fully saturated rings. The van der Waals surface area contributed by atoms with Gasteiger partial charge < -0.3 is 15.5 Å². The Hall–Kier alpha value is -2.25. The van der Waals surface area contributed by atoms with Crippen molar-refractivity contribution in [3.8, 4) is 0 Å². The van der Waals surface area contributed by atoms with Crippen LogP contribution in [0.4, 0.5) is 13.2 Å². The third kappa shape index (κ3) is 6.89. The molecule has 134 valence electrons. The van der Waals surface area contributed by atoms with Gasteiger partial charge in [0.25, 0.3) is 0 Å². The molecule has 8 heteroatoms. The third-order valence-electron chi connectivity index (χ3n) is 3.42. The molecule has 0 aliphatic rings. The molecule has 0 radical (unpaired) electrons. The minimum absolute atomic E-state index is 0.265. The van der Waals surface area contributed by atoms with Gasteiger partial charge in [0.1, 0.15) is 6.54 Å². The van der Waals surface area contributed by atoms with Gasteiger partial charge in [-0.3, -0.25) is 9.79 Å². The normalized spacial score (nSPS) is 12.0. The predicted octanol–water partition coefficient (Wildman–Crippen LogP) is 1.99. The monoisotopic (exact) mass is 344 g/mol. The van der Waals surface area contributed by atoms with E-state index >= 15 is 0 Å². The topological polar surface area (TPSA) is 56.7 Å². The number of likely N-dealkylation sites (N-methyl/N-ethyl adjacent to an activating group) is 1. The Morgan fingerprint density at radius 1 is 1.25 bits per heavy atom. The van der Waals surface area contributed by atoms with E-state index < -0.39 is 18.6 Å². The molecule has 0 aromatic heterocycles. The molecule has 0 spiro atoms. The standard InChI is InChI=1S/C16H23F3N4O/c1-11-5-6-13(12(2)7-11)8-21-15(20-3)22-9-14(24)23(4)10-16(17,18)19/h5-7H,8-10H2,1-4H3,(H2,20,21,22). The maximum atomic E-state index is 12.3. The summed E-state index contributed by atoms with van der Waals surface area (Å²) in [4.78, 5) is 16.3. The Morgan fingerprint density at radius 3 is 2.46 bits per heavy atom. The maximum absolute atomic E-state index is 12.3. The van der Waals surface area contributed by atoms with E-state index in [1.165, 1.54) is 7.05 Å². The largest absolute Gasteiger partial charge is 0.406 e. The molecule has 0 aliphatic heterocycles. The zero-order chi connectivity index (χ0) is 18.3. The summed E-state index contributed by atoms with van der Waals surface area (Å²) in [5.74, 6) is -0.314. The number of aliphatic imine (C=N–C) groups is 1. The van der Waals surface area contributed by atoms with Crippen LogP contribution in [-0.2, 0) is 11.3 Å². The highest BCUT2D eigenvalue weighted by atomic mass is 19.4. The quantitative estimate of drug-likeness (QED) is 0.634. The summed E-state index contributed by atoms with van der Waals surface area (Å²) in [7, 11) is 2.64. The van der Waals surface area contributed by atoms with Crippen molar-refractivity contribution < 1.29 is 18.0 Å². The van der Waals surface area contributed by atoms with E-state index in [2.05, 4.69) is 21.7 Å². The lowest BCUT2D eigenvalue weighted by Gasteiger charge is -2.20. The number of nitrogens with one attached hydrogen (secondary N) is 2. The van der Waals surface area contributed by atoms with Crippen molar-refractivity contribution in [3.63, 3.8) is 0 Å². The zero-order valence-corrected chi connectivity index (χ0v) is 14.3.